The van der Waals surface area contributed by atoms with Crippen LogP contribution < -0.4 is 10.5 Å². The van der Waals surface area contributed by atoms with Crippen molar-refractivity contribution in [3.8, 4) is 0 Å². The van der Waals surface area contributed by atoms with Crippen LogP contribution in [0.2, 0.25) is 0 Å². The fraction of sp³-hybridized carbons (Fsp3) is 1.00. The number of nitrogens with zero attached hydrogens (tertiary/aromatic N) is 1. The van der Waals surface area contributed by atoms with Crippen LogP contribution in [0, 0.1) is 5.92 Å². The molecule has 3 N–H and O–H groups in total. The minimum absolute atomic E-state index is 0.541. The monoisotopic (exact) mass is 277 g/mol. The Hall–Kier alpha value is -0.170. The van der Waals surface area contributed by atoms with E-state index < -0.39 is 10.2 Å². The standard InChI is InChI=1S/C12H27N3O2S/c1-12-6-10-15(11-7-12)18(16,17)14-9-5-3-2-4-8-13/h12,14H,2-11,13H2,1H3. The summed E-state index contributed by atoms with van der Waals surface area (Å²) < 4.78 is 28.2. The highest BCUT2D eigenvalue weighted by Gasteiger charge is 2.25. The van der Waals surface area contributed by atoms with Crippen molar-refractivity contribution in [2.45, 2.75) is 45.4 Å². The van der Waals surface area contributed by atoms with Gasteiger partial charge in [0.15, 0.2) is 0 Å². The second-order valence-electron chi connectivity index (χ2n) is 5.18. The molecular formula is C12H27N3O2S. The molecule has 0 unspecified atom stereocenters. The lowest BCUT2D eigenvalue weighted by atomic mass is 10.0. The van der Waals surface area contributed by atoms with Crippen LogP contribution in [0.5, 0.6) is 0 Å². The summed E-state index contributed by atoms with van der Waals surface area (Å²) in [7, 11) is -3.24. The van der Waals surface area contributed by atoms with Gasteiger partial charge in [0.1, 0.15) is 0 Å². The van der Waals surface area contributed by atoms with Crippen molar-refractivity contribution in [1.29, 1.82) is 0 Å². The smallest absolute Gasteiger partial charge is 0.279 e. The number of unbranched alkanes of at least 4 members (excludes halogenated alkanes) is 3. The third kappa shape index (κ3) is 5.65. The first-order valence-electron chi connectivity index (χ1n) is 7.01. The van der Waals surface area contributed by atoms with Crippen molar-refractivity contribution in [3.05, 3.63) is 0 Å². The van der Waals surface area contributed by atoms with Crippen molar-refractivity contribution in [2.75, 3.05) is 26.2 Å². The molecule has 1 saturated heterocycles. The molecule has 0 aliphatic carbocycles. The van der Waals surface area contributed by atoms with E-state index in [9.17, 15) is 8.42 Å². The predicted molar refractivity (Wildman–Crippen MR) is 74.4 cm³/mol. The van der Waals surface area contributed by atoms with E-state index in [-0.39, 0.29) is 0 Å². The molecule has 0 amide bonds. The molecule has 0 bridgehead atoms. The van der Waals surface area contributed by atoms with E-state index in [1.165, 1.54) is 0 Å². The predicted octanol–water partition coefficient (Wildman–Crippen LogP) is 1.07. The van der Waals surface area contributed by atoms with Crippen LogP contribution in [0.15, 0.2) is 0 Å². The molecular weight excluding hydrogens is 250 g/mol. The molecule has 0 radical (unpaired) electrons. The fourth-order valence-electron chi connectivity index (χ4n) is 2.14. The lowest BCUT2D eigenvalue weighted by molar-refractivity contribution is 0.285. The minimum Gasteiger partial charge on any atom is -0.330 e. The second kappa shape index (κ2) is 8.09. The third-order valence-electron chi connectivity index (χ3n) is 3.50. The largest absolute Gasteiger partial charge is 0.330 e. The number of nitrogens with one attached hydrogen (secondary N) is 1. The Kier molecular flexibility index (Phi) is 7.14. The first-order valence-corrected chi connectivity index (χ1v) is 8.45. The van der Waals surface area contributed by atoms with Gasteiger partial charge in [0.25, 0.3) is 10.2 Å². The molecule has 1 rings (SSSR count). The van der Waals surface area contributed by atoms with Crippen LogP contribution in [0.4, 0.5) is 0 Å². The summed E-state index contributed by atoms with van der Waals surface area (Å²) in [5.41, 5.74) is 5.40. The molecule has 6 heteroatoms. The highest BCUT2D eigenvalue weighted by molar-refractivity contribution is 7.87. The van der Waals surface area contributed by atoms with Gasteiger partial charge in [-0.2, -0.15) is 12.7 Å². The average Bonchev–Trinajstić information content (AvgIpc) is 2.34. The first kappa shape index (κ1) is 15.9. The van der Waals surface area contributed by atoms with Crippen LogP contribution in [-0.4, -0.2) is 38.9 Å². The van der Waals surface area contributed by atoms with Crippen molar-refractivity contribution in [1.82, 2.24) is 9.03 Å². The Balaban J connectivity index is 2.19. The molecule has 1 fully saturated rings. The van der Waals surface area contributed by atoms with Gasteiger partial charge in [0, 0.05) is 19.6 Å². The maximum absolute atomic E-state index is 12.0. The van der Waals surface area contributed by atoms with E-state index in [0.29, 0.717) is 25.6 Å². The molecule has 1 aliphatic heterocycles. The minimum atomic E-state index is -3.24. The zero-order valence-electron chi connectivity index (χ0n) is 11.4. The van der Waals surface area contributed by atoms with E-state index >= 15 is 0 Å². The van der Waals surface area contributed by atoms with E-state index in [0.717, 1.165) is 45.1 Å². The van der Waals surface area contributed by atoms with Crippen LogP contribution in [0.3, 0.4) is 0 Å². The molecule has 0 saturated carbocycles. The number of rotatable bonds is 8. The van der Waals surface area contributed by atoms with Gasteiger partial charge in [0.2, 0.25) is 0 Å². The van der Waals surface area contributed by atoms with Crippen LogP contribution in [0.25, 0.3) is 0 Å². The second-order valence-corrected chi connectivity index (χ2v) is 6.94. The molecule has 108 valence electrons. The van der Waals surface area contributed by atoms with Crippen LogP contribution >= 0.6 is 0 Å². The fourth-order valence-corrected chi connectivity index (χ4v) is 3.42. The number of piperidine rings is 1. The lowest BCUT2D eigenvalue weighted by Gasteiger charge is -2.29. The number of hydrogen-bond acceptors (Lipinski definition) is 3. The number of hydrogen-bond donors (Lipinski definition) is 2. The zero-order chi connectivity index (χ0) is 13.4. The SMILES string of the molecule is CC1CCN(S(=O)(=O)NCCCCCCN)CC1. The molecule has 0 atom stereocenters. The Labute approximate surface area is 111 Å². The van der Waals surface area contributed by atoms with E-state index in [4.69, 9.17) is 5.73 Å². The highest BCUT2D eigenvalue weighted by atomic mass is 32.2. The molecule has 5 nitrogen and oxygen atoms in total. The van der Waals surface area contributed by atoms with Crippen molar-refractivity contribution < 1.29 is 8.42 Å². The Morgan fingerprint density at radius 2 is 1.78 bits per heavy atom. The van der Waals surface area contributed by atoms with E-state index in [2.05, 4.69) is 11.6 Å². The summed E-state index contributed by atoms with van der Waals surface area (Å²) in [6.45, 7) is 4.75. The summed E-state index contributed by atoms with van der Waals surface area (Å²) in [4.78, 5) is 0. The summed E-state index contributed by atoms with van der Waals surface area (Å²) in [6.07, 6.45) is 5.98. The summed E-state index contributed by atoms with van der Waals surface area (Å²) >= 11 is 0. The normalized spacial score (nSPS) is 19.2. The Bertz CT molecular complexity index is 311. The maximum Gasteiger partial charge on any atom is 0.279 e. The van der Waals surface area contributed by atoms with Crippen LogP contribution in [-0.2, 0) is 10.2 Å². The van der Waals surface area contributed by atoms with Gasteiger partial charge in [-0.1, -0.05) is 19.8 Å². The molecule has 1 aliphatic rings. The van der Waals surface area contributed by atoms with E-state index in [1.54, 1.807) is 4.31 Å². The summed E-state index contributed by atoms with van der Waals surface area (Å²) in [6, 6.07) is 0. The van der Waals surface area contributed by atoms with Gasteiger partial charge in [-0.3, -0.25) is 0 Å². The topological polar surface area (TPSA) is 75.4 Å². The number of nitrogens with two attached hydrogens (primary N) is 1. The molecule has 0 aromatic carbocycles. The lowest BCUT2D eigenvalue weighted by Crippen LogP contribution is -2.44. The highest BCUT2D eigenvalue weighted by Crippen LogP contribution is 2.17. The summed E-state index contributed by atoms with van der Waals surface area (Å²) in [5.74, 6) is 0.646. The Morgan fingerprint density at radius 3 is 2.39 bits per heavy atom. The van der Waals surface area contributed by atoms with Gasteiger partial charge in [-0.05, 0) is 38.1 Å². The zero-order valence-corrected chi connectivity index (χ0v) is 12.2. The molecule has 18 heavy (non-hydrogen) atoms. The molecule has 0 spiro atoms. The maximum atomic E-state index is 12.0. The van der Waals surface area contributed by atoms with Crippen molar-refractivity contribution >= 4 is 10.2 Å². The van der Waals surface area contributed by atoms with Crippen LogP contribution in [0.1, 0.15) is 45.4 Å². The van der Waals surface area contributed by atoms with E-state index in [1.807, 2.05) is 0 Å². The van der Waals surface area contributed by atoms with Gasteiger partial charge in [0.05, 0.1) is 0 Å². The molecule has 0 aromatic rings. The van der Waals surface area contributed by atoms with Gasteiger partial charge < -0.3 is 5.73 Å². The van der Waals surface area contributed by atoms with Gasteiger partial charge in [-0.25, -0.2) is 4.72 Å². The first-order chi connectivity index (χ1) is 8.56. The third-order valence-corrected chi connectivity index (χ3v) is 5.11. The van der Waals surface area contributed by atoms with Crippen molar-refractivity contribution in [2.24, 2.45) is 11.7 Å². The summed E-state index contributed by atoms with van der Waals surface area (Å²) in [5, 5.41) is 0. The average molecular weight is 277 g/mol. The molecule has 1 heterocycles. The van der Waals surface area contributed by atoms with Gasteiger partial charge in [-0.15, -0.1) is 0 Å². The van der Waals surface area contributed by atoms with Gasteiger partial charge >= 0.3 is 0 Å². The van der Waals surface area contributed by atoms with Crippen molar-refractivity contribution in [3.63, 3.8) is 0 Å². The Morgan fingerprint density at radius 1 is 1.17 bits per heavy atom. The molecule has 0 aromatic heterocycles. The quantitative estimate of drug-likeness (QED) is 0.652.